The van der Waals surface area contributed by atoms with Gasteiger partial charge in [0.1, 0.15) is 0 Å². The van der Waals surface area contributed by atoms with E-state index in [1.807, 2.05) is 0 Å². The van der Waals surface area contributed by atoms with Gasteiger partial charge in [0.15, 0.2) is 11.5 Å². The molecule has 0 bridgehead atoms. The molecule has 1 aromatic carbocycles. The fourth-order valence-corrected chi connectivity index (χ4v) is 2.09. The summed E-state index contributed by atoms with van der Waals surface area (Å²) in [5, 5.41) is 21.8. The Morgan fingerprint density at radius 2 is 2.18 bits per heavy atom. The van der Waals surface area contributed by atoms with Crippen LogP contribution in [-0.2, 0) is 9.53 Å². The normalized spacial score (nSPS) is 23.6. The maximum atomic E-state index is 11.4. The SMILES string of the molecule is COC(=O)C1CNC(c2ccc(O)c(O)c2)C1. The van der Waals surface area contributed by atoms with Gasteiger partial charge in [0.05, 0.1) is 13.0 Å². The average Bonchev–Trinajstić information content (AvgIpc) is 2.81. The van der Waals surface area contributed by atoms with E-state index in [0.29, 0.717) is 13.0 Å². The number of benzene rings is 1. The Morgan fingerprint density at radius 1 is 1.41 bits per heavy atom. The number of phenolic OH excluding ortho intramolecular Hbond substituents is 2. The molecule has 2 unspecified atom stereocenters. The Balaban J connectivity index is 2.10. The number of esters is 1. The summed E-state index contributed by atoms with van der Waals surface area (Å²) in [5.41, 5.74) is 0.853. The predicted molar refractivity (Wildman–Crippen MR) is 60.6 cm³/mol. The lowest BCUT2D eigenvalue weighted by molar-refractivity contribution is -0.144. The van der Waals surface area contributed by atoms with Crippen LogP contribution in [-0.4, -0.2) is 29.8 Å². The van der Waals surface area contributed by atoms with E-state index >= 15 is 0 Å². The number of hydrogen-bond donors (Lipinski definition) is 3. The molecule has 2 atom stereocenters. The molecule has 0 spiro atoms. The number of rotatable bonds is 2. The zero-order chi connectivity index (χ0) is 12.4. The minimum absolute atomic E-state index is 0.00519. The summed E-state index contributed by atoms with van der Waals surface area (Å²) in [6.07, 6.45) is 0.636. The van der Waals surface area contributed by atoms with Crippen LogP contribution in [0.25, 0.3) is 0 Å². The van der Waals surface area contributed by atoms with Crippen LogP contribution in [0.4, 0.5) is 0 Å². The van der Waals surface area contributed by atoms with Crippen LogP contribution in [0.1, 0.15) is 18.0 Å². The highest BCUT2D eigenvalue weighted by Crippen LogP contribution is 2.33. The summed E-state index contributed by atoms with van der Waals surface area (Å²) in [7, 11) is 1.38. The average molecular weight is 237 g/mol. The molecule has 0 saturated carbocycles. The number of aromatic hydroxyl groups is 2. The lowest BCUT2D eigenvalue weighted by atomic mass is 10.00. The molecule has 2 rings (SSSR count). The molecule has 1 fully saturated rings. The first-order valence-corrected chi connectivity index (χ1v) is 5.45. The fourth-order valence-electron chi connectivity index (χ4n) is 2.09. The minimum Gasteiger partial charge on any atom is -0.504 e. The lowest BCUT2D eigenvalue weighted by Gasteiger charge is -2.11. The standard InChI is InChI=1S/C12H15NO4/c1-17-12(16)8-4-9(13-6-8)7-2-3-10(14)11(15)5-7/h2-3,5,8-9,13-15H,4,6H2,1H3. The molecule has 1 aromatic rings. The number of ether oxygens (including phenoxy) is 1. The van der Waals surface area contributed by atoms with Crippen molar-refractivity contribution in [1.82, 2.24) is 5.32 Å². The second-order valence-corrected chi connectivity index (χ2v) is 4.16. The van der Waals surface area contributed by atoms with E-state index in [2.05, 4.69) is 5.32 Å². The largest absolute Gasteiger partial charge is 0.504 e. The molecular formula is C12H15NO4. The summed E-state index contributed by atoms with van der Waals surface area (Å²) in [6, 6.07) is 4.68. The number of carbonyl (C=O) groups is 1. The second kappa shape index (κ2) is 4.63. The monoisotopic (exact) mass is 237 g/mol. The van der Waals surface area contributed by atoms with Crippen LogP contribution in [0, 0.1) is 5.92 Å². The van der Waals surface area contributed by atoms with Crippen LogP contribution in [0.5, 0.6) is 11.5 Å². The van der Waals surface area contributed by atoms with Crippen LogP contribution in [0.3, 0.4) is 0 Å². The van der Waals surface area contributed by atoms with E-state index in [0.717, 1.165) is 5.56 Å². The Bertz CT molecular complexity index is 433. The minimum atomic E-state index is -0.219. The van der Waals surface area contributed by atoms with Crippen molar-refractivity contribution in [2.45, 2.75) is 12.5 Å². The summed E-state index contributed by atoms with van der Waals surface area (Å²) < 4.78 is 4.69. The number of phenols is 2. The van der Waals surface area contributed by atoms with Gasteiger partial charge in [-0.05, 0) is 24.1 Å². The Hall–Kier alpha value is -1.75. The van der Waals surface area contributed by atoms with Gasteiger partial charge >= 0.3 is 5.97 Å². The van der Waals surface area contributed by atoms with Gasteiger partial charge in [0, 0.05) is 12.6 Å². The highest BCUT2D eigenvalue weighted by atomic mass is 16.5. The van der Waals surface area contributed by atoms with Crippen molar-refractivity contribution in [2.75, 3.05) is 13.7 Å². The Labute approximate surface area is 99.0 Å². The summed E-state index contributed by atoms with van der Waals surface area (Å²) >= 11 is 0. The van der Waals surface area contributed by atoms with Gasteiger partial charge in [-0.25, -0.2) is 0 Å². The molecule has 0 amide bonds. The Morgan fingerprint density at radius 3 is 2.82 bits per heavy atom. The molecule has 5 heteroatoms. The van der Waals surface area contributed by atoms with Gasteiger partial charge in [-0.15, -0.1) is 0 Å². The first kappa shape index (κ1) is 11.7. The van der Waals surface area contributed by atoms with E-state index < -0.39 is 0 Å². The first-order chi connectivity index (χ1) is 8.11. The third-order valence-corrected chi connectivity index (χ3v) is 3.07. The first-order valence-electron chi connectivity index (χ1n) is 5.45. The van der Waals surface area contributed by atoms with Crippen LogP contribution in [0.15, 0.2) is 18.2 Å². The zero-order valence-corrected chi connectivity index (χ0v) is 9.51. The van der Waals surface area contributed by atoms with E-state index in [-0.39, 0.29) is 29.4 Å². The van der Waals surface area contributed by atoms with Crippen molar-refractivity contribution in [3.05, 3.63) is 23.8 Å². The van der Waals surface area contributed by atoms with Crippen molar-refractivity contribution >= 4 is 5.97 Å². The van der Waals surface area contributed by atoms with Crippen LogP contribution >= 0.6 is 0 Å². The van der Waals surface area contributed by atoms with Crippen molar-refractivity contribution in [1.29, 1.82) is 0 Å². The third-order valence-electron chi connectivity index (χ3n) is 3.07. The molecule has 3 N–H and O–H groups in total. The molecular weight excluding hydrogens is 222 g/mol. The highest BCUT2D eigenvalue weighted by molar-refractivity contribution is 5.73. The molecule has 0 aliphatic carbocycles. The molecule has 0 aromatic heterocycles. The quantitative estimate of drug-likeness (QED) is 0.526. The predicted octanol–water partition coefficient (Wildman–Crippen LogP) is 0.921. The molecule has 92 valence electrons. The number of carbonyl (C=O) groups excluding carboxylic acids is 1. The van der Waals surface area contributed by atoms with Gasteiger partial charge in [-0.1, -0.05) is 6.07 Å². The van der Waals surface area contributed by atoms with E-state index in [1.54, 1.807) is 6.07 Å². The van der Waals surface area contributed by atoms with Gasteiger partial charge in [-0.3, -0.25) is 4.79 Å². The maximum Gasteiger partial charge on any atom is 0.310 e. The molecule has 1 aliphatic heterocycles. The second-order valence-electron chi connectivity index (χ2n) is 4.16. The van der Waals surface area contributed by atoms with Gasteiger partial charge in [-0.2, -0.15) is 0 Å². The van der Waals surface area contributed by atoms with Crippen molar-refractivity contribution in [3.8, 4) is 11.5 Å². The molecule has 17 heavy (non-hydrogen) atoms. The number of nitrogens with one attached hydrogen (secondary N) is 1. The molecule has 1 heterocycles. The zero-order valence-electron chi connectivity index (χ0n) is 9.51. The summed E-state index contributed by atoms with van der Waals surface area (Å²) in [5.74, 6) is -0.661. The van der Waals surface area contributed by atoms with E-state index in [4.69, 9.17) is 4.74 Å². The number of methoxy groups -OCH3 is 1. The smallest absolute Gasteiger partial charge is 0.310 e. The van der Waals surface area contributed by atoms with Crippen molar-refractivity contribution in [2.24, 2.45) is 5.92 Å². The number of hydrogen-bond acceptors (Lipinski definition) is 5. The van der Waals surface area contributed by atoms with Gasteiger partial charge < -0.3 is 20.3 Å². The van der Waals surface area contributed by atoms with Crippen LogP contribution < -0.4 is 5.32 Å². The van der Waals surface area contributed by atoms with Crippen molar-refractivity contribution in [3.63, 3.8) is 0 Å². The molecule has 5 nitrogen and oxygen atoms in total. The van der Waals surface area contributed by atoms with E-state index in [1.165, 1.54) is 19.2 Å². The molecule has 1 aliphatic rings. The van der Waals surface area contributed by atoms with Crippen LogP contribution in [0.2, 0.25) is 0 Å². The fraction of sp³-hybridized carbons (Fsp3) is 0.417. The van der Waals surface area contributed by atoms with Crippen molar-refractivity contribution < 1.29 is 19.7 Å². The lowest BCUT2D eigenvalue weighted by Crippen LogP contribution is -2.19. The molecule has 0 radical (unpaired) electrons. The molecule has 1 saturated heterocycles. The summed E-state index contributed by atoms with van der Waals surface area (Å²) in [6.45, 7) is 0.568. The summed E-state index contributed by atoms with van der Waals surface area (Å²) in [4.78, 5) is 11.4. The van der Waals surface area contributed by atoms with E-state index in [9.17, 15) is 15.0 Å². The maximum absolute atomic E-state index is 11.4. The topological polar surface area (TPSA) is 78.8 Å². The Kier molecular flexibility index (Phi) is 3.19. The van der Waals surface area contributed by atoms with Gasteiger partial charge in [0.2, 0.25) is 0 Å². The third kappa shape index (κ3) is 2.34. The highest BCUT2D eigenvalue weighted by Gasteiger charge is 2.31. The van der Waals surface area contributed by atoms with Gasteiger partial charge in [0.25, 0.3) is 0 Å².